The molecule has 1 saturated carbocycles. The minimum atomic E-state index is -0.449. The molecule has 22 heavy (non-hydrogen) atoms. The van der Waals surface area contributed by atoms with Gasteiger partial charge in [-0.25, -0.2) is 4.79 Å². The molecule has 1 amide bonds. The Morgan fingerprint density at radius 3 is 2.73 bits per heavy atom. The molecule has 2 N–H and O–H groups in total. The van der Waals surface area contributed by atoms with Crippen LogP contribution in [0.1, 0.15) is 40.0 Å². The zero-order valence-electron chi connectivity index (χ0n) is 14.0. The monoisotopic (exact) mass is 314 g/mol. The van der Waals surface area contributed by atoms with Crippen molar-refractivity contribution in [2.45, 2.75) is 57.8 Å². The van der Waals surface area contributed by atoms with Gasteiger partial charge in [-0.05, 0) is 39.5 Å². The van der Waals surface area contributed by atoms with Crippen molar-refractivity contribution in [1.29, 1.82) is 0 Å². The minimum absolute atomic E-state index is 0.147. The molecule has 0 radical (unpaired) electrons. The van der Waals surface area contributed by atoms with Crippen LogP contribution in [0.2, 0.25) is 0 Å². The number of hydrogen-bond donors (Lipinski definition) is 2. The maximum Gasteiger partial charge on any atom is 0.407 e. The lowest BCUT2D eigenvalue weighted by Crippen LogP contribution is -2.45. The first-order valence-electron chi connectivity index (χ1n) is 8.33. The Balaban J connectivity index is 1.67. The third-order valence-electron chi connectivity index (χ3n) is 4.06. The first kappa shape index (κ1) is 17.5. The Morgan fingerprint density at radius 2 is 2.05 bits per heavy atom. The lowest BCUT2D eigenvalue weighted by atomic mass is 10.0. The fourth-order valence-electron chi connectivity index (χ4n) is 3.02. The van der Waals surface area contributed by atoms with Crippen molar-refractivity contribution >= 4 is 6.09 Å². The van der Waals surface area contributed by atoms with Crippen LogP contribution >= 0.6 is 0 Å². The van der Waals surface area contributed by atoms with Crippen LogP contribution in [-0.2, 0) is 14.2 Å². The molecule has 1 saturated heterocycles. The molecule has 1 aliphatic heterocycles. The first-order chi connectivity index (χ1) is 10.4. The molecular weight excluding hydrogens is 284 g/mol. The number of carbonyl (C=O) groups is 1. The highest BCUT2D eigenvalue weighted by Crippen LogP contribution is 2.25. The van der Waals surface area contributed by atoms with Gasteiger partial charge in [0.15, 0.2) is 0 Å². The minimum Gasteiger partial charge on any atom is -0.444 e. The topological polar surface area (TPSA) is 68.8 Å². The molecule has 6 heteroatoms. The van der Waals surface area contributed by atoms with E-state index in [0.29, 0.717) is 38.3 Å². The molecule has 0 aromatic heterocycles. The first-order valence-corrected chi connectivity index (χ1v) is 8.33. The Bertz CT molecular complexity index is 351. The van der Waals surface area contributed by atoms with Crippen LogP contribution in [0.4, 0.5) is 4.79 Å². The molecule has 1 aliphatic carbocycles. The summed E-state index contributed by atoms with van der Waals surface area (Å²) in [5, 5.41) is 6.47. The predicted octanol–water partition coefficient (Wildman–Crippen LogP) is 1.68. The average Bonchev–Trinajstić information content (AvgIpc) is 2.90. The van der Waals surface area contributed by atoms with Crippen LogP contribution in [0.25, 0.3) is 0 Å². The summed E-state index contributed by atoms with van der Waals surface area (Å²) < 4.78 is 16.3. The number of rotatable bonds is 5. The van der Waals surface area contributed by atoms with E-state index in [2.05, 4.69) is 10.6 Å². The van der Waals surface area contributed by atoms with E-state index < -0.39 is 5.60 Å². The highest BCUT2D eigenvalue weighted by atomic mass is 16.6. The van der Waals surface area contributed by atoms with Crippen molar-refractivity contribution in [3.8, 4) is 0 Å². The summed E-state index contributed by atoms with van der Waals surface area (Å²) in [5.74, 6) is 0.456. The van der Waals surface area contributed by atoms with Crippen molar-refractivity contribution in [2.75, 3.05) is 32.9 Å². The van der Waals surface area contributed by atoms with Crippen molar-refractivity contribution < 1.29 is 19.0 Å². The van der Waals surface area contributed by atoms with E-state index in [0.717, 1.165) is 19.4 Å². The predicted molar refractivity (Wildman–Crippen MR) is 83.9 cm³/mol. The van der Waals surface area contributed by atoms with Crippen LogP contribution in [0, 0.1) is 5.92 Å². The molecule has 0 spiro atoms. The van der Waals surface area contributed by atoms with Crippen molar-refractivity contribution in [2.24, 2.45) is 5.92 Å². The van der Waals surface area contributed by atoms with Gasteiger partial charge >= 0.3 is 6.09 Å². The summed E-state index contributed by atoms with van der Waals surface area (Å²) in [6.45, 7) is 9.14. The number of carbonyl (C=O) groups excluding carboxylic acids is 1. The molecule has 1 heterocycles. The molecule has 0 bridgehead atoms. The third kappa shape index (κ3) is 6.10. The molecular formula is C16H30N2O4. The fourth-order valence-corrected chi connectivity index (χ4v) is 3.02. The average molecular weight is 314 g/mol. The van der Waals surface area contributed by atoms with Crippen LogP contribution < -0.4 is 10.6 Å². The van der Waals surface area contributed by atoms with E-state index in [-0.39, 0.29) is 12.2 Å². The van der Waals surface area contributed by atoms with E-state index in [1.807, 2.05) is 20.8 Å². The van der Waals surface area contributed by atoms with E-state index >= 15 is 0 Å². The second-order valence-electron chi connectivity index (χ2n) is 7.16. The summed E-state index contributed by atoms with van der Waals surface area (Å²) in [7, 11) is 0. The van der Waals surface area contributed by atoms with Gasteiger partial charge in [0.05, 0.1) is 25.9 Å². The van der Waals surface area contributed by atoms with Gasteiger partial charge in [-0.1, -0.05) is 6.42 Å². The van der Waals surface area contributed by atoms with Gasteiger partial charge in [-0.2, -0.15) is 0 Å². The zero-order chi connectivity index (χ0) is 16.0. The van der Waals surface area contributed by atoms with Gasteiger partial charge in [0.2, 0.25) is 0 Å². The summed E-state index contributed by atoms with van der Waals surface area (Å²) in [4.78, 5) is 11.7. The normalized spacial score (nSPS) is 29.3. The van der Waals surface area contributed by atoms with E-state index in [4.69, 9.17) is 14.2 Å². The molecule has 3 unspecified atom stereocenters. The Labute approximate surface area is 133 Å². The molecule has 3 atom stereocenters. The Kier molecular flexibility index (Phi) is 6.47. The third-order valence-corrected chi connectivity index (χ3v) is 4.06. The molecule has 2 fully saturated rings. The highest BCUT2D eigenvalue weighted by molar-refractivity contribution is 5.67. The lowest BCUT2D eigenvalue weighted by Gasteiger charge is -2.27. The highest BCUT2D eigenvalue weighted by Gasteiger charge is 2.29. The quantitative estimate of drug-likeness (QED) is 0.808. The van der Waals surface area contributed by atoms with Gasteiger partial charge in [0.1, 0.15) is 5.60 Å². The maximum atomic E-state index is 11.7. The largest absolute Gasteiger partial charge is 0.444 e. The van der Waals surface area contributed by atoms with Gasteiger partial charge in [-0.15, -0.1) is 0 Å². The van der Waals surface area contributed by atoms with Crippen LogP contribution in [0.3, 0.4) is 0 Å². The SMILES string of the molecule is CC(C)(C)OC(=O)NCC1CCCC1NCC1COCCO1. The molecule has 2 aliphatic rings. The van der Waals surface area contributed by atoms with Crippen LogP contribution in [0.5, 0.6) is 0 Å². The van der Waals surface area contributed by atoms with Gasteiger partial charge in [-0.3, -0.25) is 0 Å². The maximum absolute atomic E-state index is 11.7. The van der Waals surface area contributed by atoms with Crippen LogP contribution in [-0.4, -0.2) is 56.8 Å². The number of hydrogen-bond acceptors (Lipinski definition) is 5. The summed E-state index contributed by atoms with van der Waals surface area (Å²) >= 11 is 0. The fraction of sp³-hybridized carbons (Fsp3) is 0.938. The summed E-state index contributed by atoms with van der Waals surface area (Å²) in [6.07, 6.45) is 3.29. The number of amides is 1. The Hall–Kier alpha value is -0.850. The second-order valence-corrected chi connectivity index (χ2v) is 7.16. The zero-order valence-corrected chi connectivity index (χ0v) is 14.0. The Morgan fingerprint density at radius 1 is 1.23 bits per heavy atom. The van der Waals surface area contributed by atoms with Crippen LogP contribution in [0.15, 0.2) is 0 Å². The van der Waals surface area contributed by atoms with Crippen molar-refractivity contribution in [1.82, 2.24) is 10.6 Å². The molecule has 128 valence electrons. The summed E-state index contributed by atoms with van der Waals surface area (Å²) in [5.41, 5.74) is -0.449. The standard InChI is InChI=1S/C16H30N2O4/c1-16(2,3)22-15(19)18-9-12-5-4-6-14(12)17-10-13-11-20-7-8-21-13/h12-14,17H,4-11H2,1-3H3,(H,18,19). The molecule has 2 rings (SSSR count). The van der Waals surface area contributed by atoms with Gasteiger partial charge in [0.25, 0.3) is 0 Å². The molecule has 0 aromatic carbocycles. The molecule has 0 aromatic rings. The van der Waals surface area contributed by atoms with E-state index in [1.54, 1.807) is 0 Å². The number of nitrogens with one attached hydrogen (secondary N) is 2. The number of ether oxygens (including phenoxy) is 3. The number of alkyl carbamates (subject to hydrolysis) is 1. The summed E-state index contributed by atoms with van der Waals surface area (Å²) in [6, 6.07) is 0.431. The molecule has 6 nitrogen and oxygen atoms in total. The van der Waals surface area contributed by atoms with E-state index in [9.17, 15) is 4.79 Å². The van der Waals surface area contributed by atoms with Crippen molar-refractivity contribution in [3.05, 3.63) is 0 Å². The van der Waals surface area contributed by atoms with Gasteiger partial charge < -0.3 is 24.8 Å². The van der Waals surface area contributed by atoms with Gasteiger partial charge in [0, 0.05) is 19.1 Å². The lowest BCUT2D eigenvalue weighted by molar-refractivity contribution is -0.0873. The second kappa shape index (κ2) is 8.13. The van der Waals surface area contributed by atoms with E-state index in [1.165, 1.54) is 6.42 Å². The smallest absolute Gasteiger partial charge is 0.407 e. The van der Waals surface area contributed by atoms with Crippen molar-refractivity contribution in [3.63, 3.8) is 0 Å².